The number of aromatic nitrogens is 1. The quantitative estimate of drug-likeness (QED) is 0.703. The van der Waals surface area contributed by atoms with Crippen LogP contribution in [0.3, 0.4) is 0 Å². The summed E-state index contributed by atoms with van der Waals surface area (Å²) >= 11 is 0. The van der Waals surface area contributed by atoms with Crippen LogP contribution in [0.2, 0.25) is 0 Å². The molecule has 1 heterocycles. The van der Waals surface area contributed by atoms with Gasteiger partial charge in [-0.3, -0.25) is 9.78 Å². The number of amides is 1. The molecule has 0 radical (unpaired) electrons. The summed E-state index contributed by atoms with van der Waals surface area (Å²) in [5.41, 5.74) is 3.76. The van der Waals surface area contributed by atoms with Crippen LogP contribution in [0.15, 0.2) is 48.5 Å². The van der Waals surface area contributed by atoms with Gasteiger partial charge in [0.2, 0.25) is 0 Å². The molecule has 4 heteroatoms. The maximum absolute atomic E-state index is 13.5. The van der Waals surface area contributed by atoms with Gasteiger partial charge >= 0.3 is 0 Å². The van der Waals surface area contributed by atoms with Crippen molar-refractivity contribution in [3.8, 4) is 0 Å². The Morgan fingerprint density at radius 1 is 1.12 bits per heavy atom. The van der Waals surface area contributed by atoms with Gasteiger partial charge in [0.05, 0.1) is 16.8 Å². The Hall–Kier alpha value is -2.75. The van der Waals surface area contributed by atoms with E-state index in [1.807, 2.05) is 38.1 Å². The number of fused-ring (bicyclic) bond motifs is 1. The Morgan fingerprint density at radius 2 is 1.92 bits per heavy atom. The van der Waals surface area contributed by atoms with Crippen LogP contribution in [0, 0.1) is 19.7 Å². The summed E-state index contributed by atoms with van der Waals surface area (Å²) in [5.74, 6) is -0.461. The highest BCUT2D eigenvalue weighted by Gasteiger charge is 2.19. The maximum Gasteiger partial charge on any atom is 0.260 e. The standard InChI is InChI=1S/C20H19FN2O/c1-4-23(17-7-5-6-13(2)10-17)20(24)18-12-15-11-16(21)8-9-19(15)22-14(18)3/h5-12H,4H2,1-3H3. The van der Waals surface area contributed by atoms with Gasteiger partial charge in [0.25, 0.3) is 5.91 Å². The maximum atomic E-state index is 13.5. The molecule has 0 saturated carbocycles. The molecule has 0 aliphatic heterocycles. The van der Waals surface area contributed by atoms with Gasteiger partial charge in [-0.1, -0.05) is 12.1 Å². The zero-order chi connectivity index (χ0) is 17.3. The number of nitrogens with zero attached hydrogens (tertiary/aromatic N) is 2. The van der Waals surface area contributed by atoms with Crippen LogP contribution in [0.5, 0.6) is 0 Å². The molecule has 0 fully saturated rings. The van der Waals surface area contributed by atoms with Gasteiger partial charge in [-0.05, 0) is 62.7 Å². The minimum Gasteiger partial charge on any atom is -0.309 e. The van der Waals surface area contributed by atoms with E-state index in [1.54, 1.807) is 24.0 Å². The number of halogens is 1. The van der Waals surface area contributed by atoms with Gasteiger partial charge < -0.3 is 4.90 Å². The number of carbonyl (C=O) groups excluding carboxylic acids is 1. The van der Waals surface area contributed by atoms with Crippen molar-refractivity contribution in [1.82, 2.24) is 4.98 Å². The van der Waals surface area contributed by atoms with Crippen molar-refractivity contribution in [1.29, 1.82) is 0 Å². The summed E-state index contributed by atoms with van der Waals surface area (Å²) < 4.78 is 13.5. The Balaban J connectivity index is 2.07. The Labute approximate surface area is 140 Å². The lowest BCUT2D eigenvalue weighted by Crippen LogP contribution is -2.31. The fourth-order valence-corrected chi connectivity index (χ4v) is 2.84. The van der Waals surface area contributed by atoms with Gasteiger partial charge in [-0.25, -0.2) is 4.39 Å². The van der Waals surface area contributed by atoms with E-state index in [9.17, 15) is 9.18 Å². The third-order valence-electron chi connectivity index (χ3n) is 4.07. The minimum atomic E-state index is -0.336. The number of hydrogen-bond donors (Lipinski definition) is 0. The number of anilines is 1. The third-order valence-corrected chi connectivity index (χ3v) is 4.07. The van der Waals surface area contributed by atoms with Gasteiger partial charge in [0.1, 0.15) is 5.82 Å². The summed E-state index contributed by atoms with van der Waals surface area (Å²) in [6.07, 6.45) is 0. The lowest BCUT2D eigenvalue weighted by molar-refractivity contribution is 0.0987. The summed E-state index contributed by atoms with van der Waals surface area (Å²) in [6.45, 7) is 6.28. The topological polar surface area (TPSA) is 33.2 Å². The molecule has 2 aromatic carbocycles. The first kappa shape index (κ1) is 16.1. The average molecular weight is 322 g/mol. The number of aryl methyl sites for hydroxylation is 2. The van der Waals surface area contributed by atoms with Gasteiger partial charge in [0.15, 0.2) is 0 Å². The second-order valence-corrected chi connectivity index (χ2v) is 5.85. The summed E-state index contributed by atoms with van der Waals surface area (Å²) in [6, 6.07) is 14.0. The van der Waals surface area contributed by atoms with Crippen molar-refractivity contribution in [2.75, 3.05) is 11.4 Å². The van der Waals surface area contributed by atoms with E-state index >= 15 is 0 Å². The SMILES string of the molecule is CCN(C(=O)c1cc2cc(F)ccc2nc1C)c1cccc(C)c1. The van der Waals surface area contributed by atoms with Crippen molar-refractivity contribution in [3.63, 3.8) is 0 Å². The molecule has 0 unspecified atom stereocenters. The molecule has 3 aromatic rings. The molecule has 1 amide bonds. The average Bonchev–Trinajstić information content (AvgIpc) is 2.55. The van der Waals surface area contributed by atoms with E-state index in [1.165, 1.54) is 12.1 Å². The molecule has 24 heavy (non-hydrogen) atoms. The molecule has 0 bridgehead atoms. The predicted octanol–water partition coefficient (Wildman–Crippen LogP) is 4.66. The number of carbonyl (C=O) groups is 1. The monoisotopic (exact) mass is 322 g/mol. The van der Waals surface area contributed by atoms with E-state index < -0.39 is 0 Å². The molecule has 0 aliphatic carbocycles. The molecule has 0 N–H and O–H groups in total. The molecule has 0 atom stereocenters. The second-order valence-electron chi connectivity index (χ2n) is 5.85. The van der Waals surface area contributed by atoms with E-state index in [0.29, 0.717) is 28.7 Å². The van der Waals surface area contributed by atoms with Gasteiger partial charge in [-0.2, -0.15) is 0 Å². The normalized spacial score (nSPS) is 10.8. The number of rotatable bonds is 3. The fraction of sp³-hybridized carbons (Fsp3) is 0.200. The van der Waals surface area contributed by atoms with Crippen molar-refractivity contribution in [3.05, 3.63) is 71.2 Å². The highest BCUT2D eigenvalue weighted by molar-refractivity contribution is 6.08. The van der Waals surface area contributed by atoms with E-state index in [-0.39, 0.29) is 11.7 Å². The van der Waals surface area contributed by atoms with Crippen molar-refractivity contribution in [2.45, 2.75) is 20.8 Å². The minimum absolute atomic E-state index is 0.126. The zero-order valence-electron chi connectivity index (χ0n) is 14.0. The Morgan fingerprint density at radius 3 is 2.62 bits per heavy atom. The van der Waals surface area contributed by atoms with Crippen LogP contribution in [0.4, 0.5) is 10.1 Å². The first-order chi connectivity index (χ1) is 11.5. The molecule has 3 nitrogen and oxygen atoms in total. The van der Waals surface area contributed by atoms with Gasteiger partial charge in [0, 0.05) is 17.6 Å². The molecule has 122 valence electrons. The predicted molar refractivity (Wildman–Crippen MR) is 95.0 cm³/mol. The molecular weight excluding hydrogens is 303 g/mol. The second kappa shape index (κ2) is 6.40. The summed E-state index contributed by atoms with van der Waals surface area (Å²) in [5, 5.41) is 0.629. The smallest absolute Gasteiger partial charge is 0.260 e. The van der Waals surface area contributed by atoms with Crippen LogP contribution in [-0.4, -0.2) is 17.4 Å². The Bertz CT molecular complexity index is 921. The lowest BCUT2D eigenvalue weighted by atomic mass is 10.1. The highest BCUT2D eigenvalue weighted by Crippen LogP contribution is 2.23. The molecule has 0 saturated heterocycles. The highest BCUT2D eigenvalue weighted by atomic mass is 19.1. The van der Waals surface area contributed by atoms with Crippen LogP contribution in [0.25, 0.3) is 10.9 Å². The van der Waals surface area contributed by atoms with Crippen molar-refractivity contribution >= 4 is 22.5 Å². The molecule has 3 rings (SSSR count). The van der Waals surface area contributed by atoms with Crippen LogP contribution in [0.1, 0.15) is 28.5 Å². The molecular formula is C20H19FN2O. The fourth-order valence-electron chi connectivity index (χ4n) is 2.84. The zero-order valence-corrected chi connectivity index (χ0v) is 14.0. The largest absolute Gasteiger partial charge is 0.309 e. The van der Waals surface area contributed by atoms with Gasteiger partial charge in [-0.15, -0.1) is 0 Å². The summed E-state index contributed by atoms with van der Waals surface area (Å²) in [4.78, 5) is 19.2. The van der Waals surface area contributed by atoms with E-state index in [2.05, 4.69) is 4.98 Å². The Kier molecular flexibility index (Phi) is 4.30. The molecule has 0 aliphatic rings. The molecule has 0 spiro atoms. The third kappa shape index (κ3) is 3.00. The van der Waals surface area contributed by atoms with E-state index in [4.69, 9.17) is 0 Å². The first-order valence-corrected chi connectivity index (χ1v) is 7.95. The number of pyridine rings is 1. The first-order valence-electron chi connectivity index (χ1n) is 7.95. The lowest BCUT2D eigenvalue weighted by Gasteiger charge is -2.22. The van der Waals surface area contributed by atoms with Crippen LogP contribution < -0.4 is 4.90 Å². The summed E-state index contributed by atoms with van der Waals surface area (Å²) in [7, 11) is 0. The number of hydrogen-bond acceptors (Lipinski definition) is 2. The number of benzene rings is 2. The molecule has 1 aromatic heterocycles. The van der Waals surface area contributed by atoms with Crippen LogP contribution in [-0.2, 0) is 0 Å². The van der Waals surface area contributed by atoms with Crippen molar-refractivity contribution in [2.24, 2.45) is 0 Å². The van der Waals surface area contributed by atoms with Crippen LogP contribution >= 0.6 is 0 Å². The van der Waals surface area contributed by atoms with Crippen molar-refractivity contribution < 1.29 is 9.18 Å². The van der Waals surface area contributed by atoms with E-state index in [0.717, 1.165) is 11.3 Å².